The summed E-state index contributed by atoms with van der Waals surface area (Å²) in [6, 6.07) is 26.2. The van der Waals surface area contributed by atoms with Gasteiger partial charge < -0.3 is 19.3 Å². The van der Waals surface area contributed by atoms with E-state index in [4.69, 9.17) is 14.2 Å². The van der Waals surface area contributed by atoms with Crippen LogP contribution in [0.15, 0.2) is 91.0 Å². The first-order valence-corrected chi connectivity index (χ1v) is 10.9. The summed E-state index contributed by atoms with van der Waals surface area (Å²) in [5.41, 5.74) is 2.49. The monoisotopic (exact) mass is 452 g/mol. The number of aliphatic hydroxyl groups excluding tert-OH is 1. The molecule has 0 saturated carbocycles. The van der Waals surface area contributed by atoms with Crippen LogP contribution in [0.2, 0.25) is 0 Å². The van der Waals surface area contributed by atoms with Crippen molar-refractivity contribution in [3.8, 4) is 0 Å². The van der Waals surface area contributed by atoms with Gasteiger partial charge in [0.05, 0.1) is 25.9 Å². The molecule has 33 heavy (non-hydrogen) atoms. The summed E-state index contributed by atoms with van der Waals surface area (Å²) in [5.74, 6) is 0. The van der Waals surface area contributed by atoms with Gasteiger partial charge in [0.2, 0.25) is 0 Å². The Balaban J connectivity index is 1.81. The Morgan fingerprint density at radius 1 is 0.697 bits per heavy atom. The van der Waals surface area contributed by atoms with Gasteiger partial charge in [-0.25, -0.2) is 0 Å². The Kier molecular flexibility index (Phi) is 9.72. The van der Waals surface area contributed by atoms with Crippen LogP contribution in [0.4, 0.5) is 4.39 Å². The first-order chi connectivity index (χ1) is 16.0. The zero-order valence-electron chi connectivity index (χ0n) is 18.5. The third-order valence-corrected chi connectivity index (χ3v) is 5.16. The van der Waals surface area contributed by atoms with Crippen molar-refractivity contribution in [2.75, 3.05) is 0 Å². The van der Waals surface area contributed by atoms with E-state index in [1.165, 1.54) is 6.92 Å². The van der Waals surface area contributed by atoms with Crippen molar-refractivity contribution in [3.63, 3.8) is 0 Å². The lowest BCUT2D eigenvalue weighted by atomic mass is 10.0. The second-order valence-corrected chi connectivity index (χ2v) is 7.78. The molecule has 174 valence electrons. The van der Waals surface area contributed by atoms with E-state index in [1.54, 1.807) is 0 Å². The molecule has 0 fully saturated rings. The average Bonchev–Trinajstić information content (AvgIpc) is 2.83. The molecule has 0 aliphatic carbocycles. The topological polar surface area (TPSA) is 65.0 Å². The van der Waals surface area contributed by atoms with Crippen LogP contribution in [0.25, 0.3) is 0 Å². The Bertz CT molecular complexity index is 950. The first-order valence-electron chi connectivity index (χ1n) is 10.9. The van der Waals surface area contributed by atoms with Gasteiger partial charge in [0, 0.05) is 0 Å². The van der Waals surface area contributed by atoms with Gasteiger partial charge in [-0.15, -0.1) is 0 Å². The van der Waals surface area contributed by atoms with Gasteiger partial charge >= 0.3 is 6.04 Å². The Hall–Kier alpha value is -2.90. The summed E-state index contributed by atoms with van der Waals surface area (Å²) in [5, 5.41) is 10.5. The number of aliphatic hydroxyl groups is 1. The maximum Gasteiger partial charge on any atom is 0.332 e. The van der Waals surface area contributed by atoms with Gasteiger partial charge in [-0.05, 0) is 23.6 Å². The lowest BCUT2D eigenvalue weighted by molar-refractivity contribution is -0.188. The predicted octanol–water partition coefficient (Wildman–Crippen LogP) is 4.62. The third kappa shape index (κ3) is 7.87. The van der Waals surface area contributed by atoms with Crippen LogP contribution >= 0.6 is 0 Å². The Morgan fingerprint density at radius 3 is 1.42 bits per heavy atom. The number of carbonyl (C=O) groups is 1. The molecule has 0 spiro atoms. The molecule has 0 saturated heterocycles. The average molecular weight is 453 g/mol. The van der Waals surface area contributed by atoms with Gasteiger partial charge in [-0.2, -0.15) is 4.39 Å². The number of ether oxygens (including phenoxy) is 3. The van der Waals surface area contributed by atoms with E-state index in [0.717, 1.165) is 16.7 Å². The zero-order valence-corrected chi connectivity index (χ0v) is 18.5. The van der Waals surface area contributed by atoms with Crippen molar-refractivity contribution in [3.05, 3.63) is 108 Å². The molecule has 4 atom stereocenters. The summed E-state index contributed by atoms with van der Waals surface area (Å²) in [6.45, 7) is 1.79. The molecule has 0 aromatic heterocycles. The minimum absolute atomic E-state index is 0.0115. The number of hydrogen-bond donors (Lipinski definition) is 1. The molecule has 3 aromatic carbocycles. The highest BCUT2D eigenvalue weighted by molar-refractivity contribution is 5.74. The van der Waals surface area contributed by atoms with Gasteiger partial charge in [-0.1, -0.05) is 91.0 Å². The largest absolute Gasteiger partial charge is 0.391 e. The SMILES string of the molecule is C[C@H](O)[C@@H](OCc1ccccc1)[C@@H](OCc1ccccc1)[C@H](OCc1ccccc1)C(=O)F. The van der Waals surface area contributed by atoms with E-state index < -0.39 is 30.5 Å². The maximum atomic E-state index is 14.3. The van der Waals surface area contributed by atoms with Crippen molar-refractivity contribution < 1.29 is 28.5 Å². The van der Waals surface area contributed by atoms with Crippen molar-refractivity contribution in [2.24, 2.45) is 0 Å². The highest BCUT2D eigenvalue weighted by atomic mass is 19.1. The molecule has 3 rings (SSSR count). The van der Waals surface area contributed by atoms with E-state index in [9.17, 15) is 14.3 Å². The van der Waals surface area contributed by atoms with E-state index in [1.807, 2.05) is 91.0 Å². The molecule has 1 N–H and O–H groups in total. The zero-order chi connectivity index (χ0) is 23.5. The van der Waals surface area contributed by atoms with Crippen LogP contribution in [-0.2, 0) is 38.8 Å². The van der Waals surface area contributed by atoms with E-state index in [2.05, 4.69) is 0 Å². The molecule has 6 heteroatoms. The summed E-state index contributed by atoms with van der Waals surface area (Å²) in [6.07, 6.45) is -4.79. The Morgan fingerprint density at radius 2 is 1.06 bits per heavy atom. The quantitative estimate of drug-likeness (QED) is 0.384. The van der Waals surface area contributed by atoms with Crippen LogP contribution in [0.3, 0.4) is 0 Å². The van der Waals surface area contributed by atoms with Crippen LogP contribution < -0.4 is 0 Å². The number of rotatable bonds is 13. The minimum Gasteiger partial charge on any atom is -0.391 e. The second kappa shape index (κ2) is 13.0. The van der Waals surface area contributed by atoms with E-state index >= 15 is 0 Å². The maximum absolute atomic E-state index is 14.3. The van der Waals surface area contributed by atoms with Crippen molar-refractivity contribution in [1.82, 2.24) is 0 Å². The normalized spacial score (nSPS) is 14.9. The highest BCUT2D eigenvalue weighted by Crippen LogP contribution is 2.22. The van der Waals surface area contributed by atoms with Gasteiger partial charge in [0.25, 0.3) is 0 Å². The van der Waals surface area contributed by atoms with Crippen molar-refractivity contribution in [2.45, 2.75) is 51.2 Å². The number of hydrogen-bond acceptors (Lipinski definition) is 5. The molecule has 0 bridgehead atoms. The molecular formula is C27H29FO5. The fourth-order valence-corrected chi connectivity index (χ4v) is 3.45. The summed E-state index contributed by atoms with van der Waals surface area (Å²) >= 11 is 0. The van der Waals surface area contributed by atoms with Gasteiger partial charge in [0.15, 0.2) is 6.10 Å². The minimum atomic E-state index is -1.68. The Labute approximate surface area is 193 Å². The molecule has 0 heterocycles. The lowest BCUT2D eigenvalue weighted by Crippen LogP contribution is -2.50. The standard InChI is InChI=1S/C27H29FO5/c1-20(29)24(31-17-21-11-5-2-6-12-21)25(32-18-22-13-7-3-8-14-22)26(27(28)30)33-19-23-15-9-4-10-16-23/h2-16,20,24-26,29H,17-19H2,1H3/t20-,24+,25+,26-/m0/s1. The highest BCUT2D eigenvalue weighted by Gasteiger charge is 2.39. The first kappa shape index (κ1) is 24.7. The van der Waals surface area contributed by atoms with Crippen molar-refractivity contribution in [1.29, 1.82) is 0 Å². The van der Waals surface area contributed by atoms with Crippen LogP contribution in [0.1, 0.15) is 23.6 Å². The van der Waals surface area contributed by atoms with Gasteiger partial charge in [0.1, 0.15) is 12.2 Å². The van der Waals surface area contributed by atoms with Crippen LogP contribution in [0.5, 0.6) is 0 Å². The summed E-state index contributed by atoms with van der Waals surface area (Å²) < 4.78 is 31.9. The van der Waals surface area contributed by atoms with E-state index in [0.29, 0.717) is 0 Å². The molecule has 5 nitrogen and oxygen atoms in total. The molecular weight excluding hydrogens is 423 g/mol. The summed E-state index contributed by atoms with van der Waals surface area (Å²) in [7, 11) is 0. The molecule has 0 amide bonds. The second-order valence-electron chi connectivity index (χ2n) is 7.78. The number of benzene rings is 3. The molecule has 0 radical (unpaired) electrons. The number of carbonyl (C=O) groups excluding carboxylic acids is 1. The summed E-state index contributed by atoms with van der Waals surface area (Å²) in [4.78, 5) is 12.0. The molecule has 0 aliphatic rings. The fraction of sp³-hybridized carbons (Fsp3) is 0.296. The molecule has 0 aliphatic heterocycles. The van der Waals surface area contributed by atoms with Crippen LogP contribution in [-0.4, -0.2) is 35.6 Å². The van der Waals surface area contributed by atoms with Gasteiger partial charge in [-0.3, -0.25) is 4.79 Å². The predicted molar refractivity (Wildman–Crippen MR) is 123 cm³/mol. The molecule has 3 aromatic rings. The van der Waals surface area contributed by atoms with E-state index in [-0.39, 0.29) is 19.8 Å². The lowest BCUT2D eigenvalue weighted by Gasteiger charge is -2.33. The van der Waals surface area contributed by atoms with Crippen LogP contribution in [0, 0.1) is 0 Å². The van der Waals surface area contributed by atoms with Crippen molar-refractivity contribution >= 4 is 6.04 Å². The fourth-order valence-electron chi connectivity index (χ4n) is 3.45. The third-order valence-electron chi connectivity index (χ3n) is 5.16. The number of halogens is 1. The smallest absolute Gasteiger partial charge is 0.332 e. The molecule has 0 unspecified atom stereocenters.